The first-order valence-electron chi connectivity index (χ1n) is 4.57. The summed E-state index contributed by atoms with van der Waals surface area (Å²) in [5.74, 6) is 1.05. The molecule has 1 aromatic rings. The van der Waals surface area contributed by atoms with E-state index in [1.54, 1.807) is 11.3 Å². The van der Waals surface area contributed by atoms with Gasteiger partial charge in [-0.3, -0.25) is 0 Å². The van der Waals surface area contributed by atoms with E-state index in [9.17, 15) is 0 Å². The first-order valence-corrected chi connectivity index (χ1v) is 6.84. The van der Waals surface area contributed by atoms with Gasteiger partial charge in [-0.1, -0.05) is 0 Å². The molecule has 4 heteroatoms. The first kappa shape index (κ1) is 9.49. The normalized spacial score (nSPS) is 22.4. The van der Waals surface area contributed by atoms with Gasteiger partial charge >= 0.3 is 0 Å². The van der Waals surface area contributed by atoms with Crippen LogP contribution in [0.1, 0.15) is 29.6 Å². The van der Waals surface area contributed by atoms with Crippen molar-refractivity contribution in [3.63, 3.8) is 0 Å². The van der Waals surface area contributed by atoms with Crippen LogP contribution in [0, 0.1) is 0 Å². The summed E-state index contributed by atoms with van der Waals surface area (Å²) in [5, 5.41) is 6.93. The Kier molecular flexibility index (Phi) is 3.24. The van der Waals surface area contributed by atoms with Crippen molar-refractivity contribution in [2.75, 3.05) is 12.8 Å². The Bertz CT molecular complexity index is 266. The van der Waals surface area contributed by atoms with Gasteiger partial charge < -0.3 is 5.32 Å². The molecular weight excluding hydrogens is 200 g/mol. The largest absolute Gasteiger partial charge is 0.309 e. The molecule has 0 saturated carbocycles. The second-order valence-electron chi connectivity index (χ2n) is 3.25. The Morgan fingerprint density at radius 2 is 2.69 bits per heavy atom. The summed E-state index contributed by atoms with van der Waals surface area (Å²) in [6.07, 6.45) is 4.66. The number of nitrogens with zero attached hydrogens (tertiary/aromatic N) is 1. The predicted molar refractivity (Wildman–Crippen MR) is 59.3 cm³/mol. The lowest BCUT2D eigenvalue weighted by molar-refractivity contribution is 0.630. The molecule has 0 aromatic carbocycles. The zero-order valence-electron chi connectivity index (χ0n) is 7.75. The number of aromatic nitrogens is 1. The van der Waals surface area contributed by atoms with Crippen LogP contribution in [0.4, 0.5) is 0 Å². The van der Waals surface area contributed by atoms with Gasteiger partial charge in [0.1, 0.15) is 5.01 Å². The fraction of sp³-hybridized carbons (Fsp3) is 0.667. The number of nitrogens with one attached hydrogen (secondary N) is 1. The van der Waals surface area contributed by atoms with Crippen molar-refractivity contribution in [3.05, 3.63) is 16.1 Å². The fourth-order valence-electron chi connectivity index (χ4n) is 1.61. The third-order valence-electron chi connectivity index (χ3n) is 2.25. The molecule has 72 valence electrons. The third-order valence-corrected chi connectivity index (χ3v) is 3.87. The van der Waals surface area contributed by atoms with Crippen molar-refractivity contribution >= 4 is 23.1 Å². The van der Waals surface area contributed by atoms with Crippen molar-refractivity contribution in [3.8, 4) is 0 Å². The summed E-state index contributed by atoms with van der Waals surface area (Å²) in [5.41, 5.74) is 1.26. The minimum absolute atomic E-state index is 0.534. The fourth-order valence-corrected chi connectivity index (χ4v) is 3.18. The highest BCUT2D eigenvalue weighted by Gasteiger charge is 2.18. The van der Waals surface area contributed by atoms with Crippen molar-refractivity contribution in [1.82, 2.24) is 10.3 Å². The van der Waals surface area contributed by atoms with Gasteiger partial charge in [-0.25, -0.2) is 4.98 Å². The molecule has 0 bridgehead atoms. The van der Waals surface area contributed by atoms with E-state index in [1.165, 1.54) is 23.5 Å². The molecule has 1 N–H and O–H groups in total. The molecule has 0 radical (unpaired) electrons. The summed E-state index contributed by atoms with van der Waals surface area (Å²) in [6.45, 7) is 1.15. The molecule has 0 amide bonds. The second-order valence-corrected chi connectivity index (χ2v) is 5.06. The van der Waals surface area contributed by atoms with E-state index in [-0.39, 0.29) is 0 Å². The van der Waals surface area contributed by atoms with Crippen LogP contribution in [-0.4, -0.2) is 17.8 Å². The lowest BCUT2D eigenvalue weighted by atomic mass is 10.2. The number of thioether (sulfide) groups is 1. The Morgan fingerprint density at radius 3 is 3.38 bits per heavy atom. The summed E-state index contributed by atoms with van der Waals surface area (Å²) in [6, 6.07) is 0.534. The Labute approximate surface area is 87.1 Å². The highest BCUT2D eigenvalue weighted by molar-refractivity contribution is 7.97. The van der Waals surface area contributed by atoms with Crippen LogP contribution in [0.2, 0.25) is 0 Å². The number of rotatable bonds is 3. The van der Waals surface area contributed by atoms with Crippen LogP contribution in [0.3, 0.4) is 0 Å². The average Bonchev–Trinajstić information content (AvgIpc) is 2.70. The smallest absolute Gasteiger partial charge is 0.103 e. The van der Waals surface area contributed by atoms with Crippen molar-refractivity contribution < 1.29 is 0 Å². The minimum Gasteiger partial charge on any atom is -0.309 e. The molecule has 0 spiro atoms. The highest BCUT2D eigenvalue weighted by Crippen LogP contribution is 2.25. The van der Waals surface area contributed by atoms with Crippen LogP contribution in [0.5, 0.6) is 0 Å². The standard InChI is InChI=1S/C9H14N2S2/c1-12-6-9-11-8(5-13-9)7-3-2-4-10-7/h5,7,10H,2-4,6H2,1H3/t7-/m0/s1. The molecule has 1 aliphatic rings. The molecule has 2 heterocycles. The van der Waals surface area contributed by atoms with Crippen LogP contribution in [0.15, 0.2) is 5.38 Å². The first-order chi connectivity index (χ1) is 6.40. The topological polar surface area (TPSA) is 24.9 Å². The monoisotopic (exact) mass is 214 g/mol. The van der Waals surface area contributed by atoms with E-state index in [1.807, 2.05) is 11.8 Å². The SMILES string of the molecule is CSCc1nc([C@@H]2CCCN2)cs1. The van der Waals surface area contributed by atoms with Gasteiger partial charge in [-0.05, 0) is 25.6 Å². The lowest BCUT2D eigenvalue weighted by Crippen LogP contribution is -2.13. The molecule has 2 rings (SSSR count). The van der Waals surface area contributed by atoms with Gasteiger partial charge in [0.2, 0.25) is 0 Å². The molecule has 0 unspecified atom stereocenters. The van der Waals surface area contributed by atoms with Crippen LogP contribution < -0.4 is 5.32 Å². The predicted octanol–water partition coefficient (Wildman–Crippen LogP) is 2.43. The minimum atomic E-state index is 0.534. The maximum atomic E-state index is 4.62. The van der Waals surface area contributed by atoms with E-state index < -0.39 is 0 Å². The van der Waals surface area contributed by atoms with E-state index in [0.29, 0.717) is 6.04 Å². The molecule has 13 heavy (non-hydrogen) atoms. The zero-order chi connectivity index (χ0) is 9.10. The second kappa shape index (κ2) is 4.44. The van der Waals surface area contributed by atoms with Gasteiger partial charge in [0.25, 0.3) is 0 Å². The molecule has 1 saturated heterocycles. The number of thiazole rings is 1. The molecular formula is C9H14N2S2. The molecule has 1 atom stereocenters. The summed E-state index contributed by atoms with van der Waals surface area (Å²) < 4.78 is 0. The van der Waals surface area contributed by atoms with Gasteiger partial charge in [-0.15, -0.1) is 11.3 Å². The van der Waals surface area contributed by atoms with Crippen LogP contribution >= 0.6 is 23.1 Å². The average molecular weight is 214 g/mol. The Balaban J connectivity index is 2.03. The van der Waals surface area contributed by atoms with Gasteiger partial charge in [-0.2, -0.15) is 11.8 Å². The third kappa shape index (κ3) is 2.24. The van der Waals surface area contributed by atoms with Gasteiger partial charge in [0.05, 0.1) is 11.7 Å². The van der Waals surface area contributed by atoms with Gasteiger partial charge in [0, 0.05) is 11.1 Å². The highest BCUT2D eigenvalue weighted by atomic mass is 32.2. The van der Waals surface area contributed by atoms with E-state index in [4.69, 9.17) is 0 Å². The molecule has 1 aliphatic heterocycles. The molecule has 1 fully saturated rings. The molecule has 1 aromatic heterocycles. The lowest BCUT2D eigenvalue weighted by Gasteiger charge is -2.04. The number of hydrogen-bond acceptors (Lipinski definition) is 4. The van der Waals surface area contributed by atoms with E-state index >= 15 is 0 Å². The Hall–Kier alpha value is -0.0600. The maximum absolute atomic E-state index is 4.62. The summed E-state index contributed by atoms with van der Waals surface area (Å²) in [4.78, 5) is 4.62. The van der Waals surface area contributed by atoms with Crippen LogP contribution in [-0.2, 0) is 5.75 Å². The summed E-state index contributed by atoms with van der Waals surface area (Å²) in [7, 11) is 0. The van der Waals surface area contributed by atoms with E-state index in [0.717, 1.165) is 12.3 Å². The van der Waals surface area contributed by atoms with Crippen molar-refractivity contribution in [2.45, 2.75) is 24.6 Å². The zero-order valence-corrected chi connectivity index (χ0v) is 9.38. The summed E-state index contributed by atoms with van der Waals surface area (Å²) >= 11 is 3.63. The maximum Gasteiger partial charge on any atom is 0.103 e. The van der Waals surface area contributed by atoms with Crippen molar-refractivity contribution in [1.29, 1.82) is 0 Å². The molecule has 0 aliphatic carbocycles. The quantitative estimate of drug-likeness (QED) is 0.836. The van der Waals surface area contributed by atoms with Crippen LogP contribution in [0.25, 0.3) is 0 Å². The van der Waals surface area contributed by atoms with E-state index in [2.05, 4.69) is 21.9 Å². The number of hydrogen-bond donors (Lipinski definition) is 1. The van der Waals surface area contributed by atoms with Crippen molar-refractivity contribution in [2.24, 2.45) is 0 Å². The van der Waals surface area contributed by atoms with Gasteiger partial charge in [0.15, 0.2) is 0 Å². The Morgan fingerprint density at radius 1 is 1.77 bits per heavy atom. The molecule has 2 nitrogen and oxygen atoms in total.